The second-order valence-corrected chi connectivity index (χ2v) is 8.40. The van der Waals surface area contributed by atoms with Crippen LogP contribution < -0.4 is 5.32 Å². The van der Waals surface area contributed by atoms with Crippen molar-refractivity contribution in [3.63, 3.8) is 0 Å². The maximum Gasteiger partial charge on any atom is 0.289 e. The maximum absolute atomic E-state index is 12.4. The van der Waals surface area contributed by atoms with Crippen molar-refractivity contribution in [3.8, 4) is 0 Å². The van der Waals surface area contributed by atoms with Gasteiger partial charge in [-0.3, -0.25) is 9.59 Å². The minimum Gasteiger partial charge on any atom is -0.459 e. The van der Waals surface area contributed by atoms with Gasteiger partial charge in [0.05, 0.1) is 12.8 Å². The summed E-state index contributed by atoms with van der Waals surface area (Å²) in [5, 5.41) is 3.09. The molecule has 2 aliphatic rings. The van der Waals surface area contributed by atoms with Crippen molar-refractivity contribution in [3.05, 3.63) is 60.1 Å². The Labute approximate surface area is 171 Å². The molecule has 29 heavy (non-hydrogen) atoms. The van der Waals surface area contributed by atoms with Crippen LogP contribution in [-0.2, 0) is 10.2 Å². The fraction of sp³-hybridized carbons (Fsp3) is 0.478. The average Bonchev–Trinajstić information content (AvgIpc) is 3.31. The molecule has 1 aromatic carbocycles. The predicted molar refractivity (Wildman–Crippen MR) is 111 cm³/mol. The quantitative estimate of drug-likeness (QED) is 0.783. The standard InChI is InChI=1S/C23H29N3O3/c1-25(22(28)20-8-5-15-29-20)16-21(27)24-19-9-13-26(14-10-19)17-23(11-12-23)18-6-3-2-4-7-18/h2-8,15,19H,9-14,16-17H2,1H3,(H,24,27). The molecule has 154 valence electrons. The number of nitrogens with one attached hydrogen (secondary N) is 1. The van der Waals surface area contributed by atoms with Crippen LogP contribution in [0.4, 0.5) is 0 Å². The summed E-state index contributed by atoms with van der Waals surface area (Å²) in [5.41, 5.74) is 1.80. The number of nitrogens with zero attached hydrogens (tertiary/aromatic N) is 2. The molecule has 1 aliphatic carbocycles. The summed E-state index contributed by atoms with van der Waals surface area (Å²) in [7, 11) is 1.62. The molecule has 4 rings (SSSR count). The van der Waals surface area contributed by atoms with Crippen LogP contribution in [-0.4, -0.2) is 60.9 Å². The largest absolute Gasteiger partial charge is 0.459 e. The normalized spacial score (nSPS) is 18.9. The molecule has 1 aromatic heterocycles. The highest BCUT2D eigenvalue weighted by Crippen LogP contribution is 2.48. The average molecular weight is 396 g/mol. The zero-order chi connectivity index (χ0) is 20.3. The van der Waals surface area contributed by atoms with Crippen LogP contribution in [0.3, 0.4) is 0 Å². The Kier molecular flexibility index (Phi) is 5.72. The molecule has 2 fully saturated rings. The summed E-state index contributed by atoms with van der Waals surface area (Å²) in [6, 6.07) is 14.3. The predicted octanol–water partition coefficient (Wildman–Crippen LogP) is 2.66. The number of hydrogen-bond donors (Lipinski definition) is 1. The van der Waals surface area contributed by atoms with Gasteiger partial charge in [0.2, 0.25) is 5.91 Å². The number of likely N-dealkylation sites (tertiary alicyclic amines) is 1. The van der Waals surface area contributed by atoms with E-state index in [1.807, 2.05) is 0 Å². The minimum absolute atomic E-state index is 0.0386. The van der Waals surface area contributed by atoms with Gasteiger partial charge in [0.1, 0.15) is 0 Å². The summed E-state index contributed by atoms with van der Waals surface area (Å²) in [5.74, 6) is -0.148. The smallest absolute Gasteiger partial charge is 0.289 e. The van der Waals surface area contributed by atoms with Crippen molar-refractivity contribution in [2.75, 3.05) is 33.2 Å². The molecule has 1 aliphatic heterocycles. The molecule has 0 atom stereocenters. The van der Waals surface area contributed by atoms with Gasteiger partial charge in [-0.1, -0.05) is 30.3 Å². The molecule has 6 nitrogen and oxygen atoms in total. The van der Waals surface area contributed by atoms with Gasteiger partial charge in [-0.2, -0.15) is 0 Å². The third kappa shape index (κ3) is 4.70. The summed E-state index contributed by atoms with van der Waals surface area (Å²) in [6.07, 6.45) is 5.89. The van der Waals surface area contributed by atoms with E-state index in [9.17, 15) is 9.59 Å². The molecule has 0 unspecified atom stereocenters. The third-order valence-corrected chi connectivity index (χ3v) is 6.18. The van der Waals surface area contributed by atoms with Crippen LogP contribution >= 0.6 is 0 Å². The zero-order valence-electron chi connectivity index (χ0n) is 17.0. The fourth-order valence-corrected chi connectivity index (χ4v) is 4.29. The monoisotopic (exact) mass is 395 g/mol. The fourth-order valence-electron chi connectivity index (χ4n) is 4.29. The molecular formula is C23H29N3O3. The van der Waals surface area contributed by atoms with E-state index in [-0.39, 0.29) is 30.2 Å². The van der Waals surface area contributed by atoms with Gasteiger partial charge in [-0.15, -0.1) is 0 Å². The van der Waals surface area contributed by atoms with E-state index in [4.69, 9.17) is 4.42 Å². The Morgan fingerprint density at radius 1 is 1.14 bits per heavy atom. The Bertz CT molecular complexity index is 822. The molecule has 2 aromatic rings. The number of carbonyl (C=O) groups excluding carboxylic acids is 2. The highest BCUT2D eigenvalue weighted by Gasteiger charge is 2.45. The Morgan fingerprint density at radius 2 is 1.86 bits per heavy atom. The number of rotatable bonds is 7. The van der Waals surface area contributed by atoms with Gasteiger partial charge in [-0.25, -0.2) is 0 Å². The lowest BCUT2D eigenvalue weighted by molar-refractivity contribution is -0.122. The van der Waals surface area contributed by atoms with Crippen LogP contribution in [0.15, 0.2) is 53.1 Å². The molecule has 0 radical (unpaired) electrons. The number of carbonyl (C=O) groups is 2. The van der Waals surface area contributed by atoms with Crippen LogP contribution in [0.25, 0.3) is 0 Å². The Hall–Kier alpha value is -2.60. The molecule has 0 bridgehead atoms. The lowest BCUT2D eigenvalue weighted by atomic mass is 9.94. The molecule has 2 amide bonds. The molecule has 1 N–H and O–H groups in total. The van der Waals surface area contributed by atoms with Crippen LogP contribution in [0.1, 0.15) is 41.8 Å². The Morgan fingerprint density at radius 3 is 2.48 bits per heavy atom. The Balaban J connectivity index is 1.21. The molecule has 1 saturated heterocycles. The maximum atomic E-state index is 12.4. The SMILES string of the molecule is CN(CC(=O)NC1CCN(CC2(c3ccccc3)CC2)CC1)C(=O)c1ccco1. The number of piperidine rings is 1. The van der Waals surface area contributed by atoms with E-state index in [0.717, 1.165) is 32.5 Å². The second-order valence-electron chi connectivity index (χ2n) is 8.40. The van der Waals surface area contributed by atoms with E-state index in [2.05, 4.69) is 40.5 Å². The summed E-state index contributed by atoms with van der Waals surface area (Å²) in [4.78, 5) is 28.5. The number of furan rings is 1. The van der Waals surface area contributed by atoms with Crippen molar-refractivity contribution in [1.29, 1.82) is 0 Å². The number of hydrogen-bond acceptors (Lipinski definition) is 4. The zero-order valence-corrected chi connectivity index (χ0v) is 17.0. The van der Waals surface area contributed by atoms with E-state index in [1.165, 1.54) is 29.6 Å². The number of amides is 2. The van der Waals surface area contributed by atoms with Gasteiger partial charge >= 0.3 is 0 Å². The van der Waals surface area contributed by atoms with Crippen molar-refractivity contribution in [1.82, 2.24) is 15.1 Å². The molecule has 6 heteroatoms. The second kappa shape index (κ2) is 8.41. The van der Waals surface area contributed by atoms with Crippen LogP contribution in [0.5, 0.6) is 0 Å². The van der Waals surface area contributed by atoms with Crippen molar-refractivity contribution < 1.29 is 14.0 Å². The first-order valence-electron chi connectivity index (χ1n) is 10.4. The van der Waals surface area contributed by atoms with Gasteiger partial charge in [0.25, 0.3) is 5.91 Å². The lowest BCUT2D eigenvalue weighted by Gasteiger charge is -2.35. The van der Waals surface area contributed by atoms with Gasteiger partial charge in [-0.05, 0) is 43.4 Å². The number of likely N-dealkylation sites (N-methyl/N-ethyl adjacent to an activating group) is 1. The van der Waals surface area contributed by atoms with E-state index >= 15 is 0 Å². The van der Waals surface area contributed by atoms with E-state index in [1.54, 1.807) is 19.2 Å². The first-order chi connectivity index (χ1) is 14.1. The molecular weight excluding hydrogens is 366 g/mol. The highest BCUT2D eigenvalue weighted by molar-refractivity contribution is 5.94. The van der Waals surface area contributed by atoms with Gasteiger partial charge in [0, 0.05) is 38.1 Å². The molecule has 1 saturated carbocycles. The van der Waals surface area contributed by atoms with Crippen molar-refractivity contribution in [2.24, 2.45) is 0 Å². The number of benzene rings is 1. The van der Waals surface area contributed by atoms with Gasteiger partial charge < -0.3 is 19.5 Å². The summed E-state index contributed by atoms with van der Waals surface area (Å²) < 4.78 is 5.11. The highest BCUT2D eigenvalue weighted by atomic mass is 16.3. The van der Waals surface area contributed by atoms with E-state index in [0.29, 0.717) is 5.41 Å². The lowest BCUT2D eigenvalue weighted by Crippen LogP contribution is -2.48. The molecule has 0 spiro atoms. The summed E-state index contributed by atoms with van der Waals surface area (Å²) in [6.45, 7) is 3.15. The van der Waals surface area contributed by atoms with Crippen LogP contribution in [0, 0.1) is 0 Å². The topological polar surface area (TPSA) is 65.8 Å². The first kappa shape index (κ1) is 19.7. The summed E-state index contributed by atoms with van der Waals surface area (Å²) >= 11 is 0. The van der Waals surface area contributed by atoms with Crippen molar-refractivity contribution in [2.45, 2.75) is 37.1 Å². The first-order valence-corrected chi connectivity index (χ1v) is 10.4. The van der Waals surface area contributed by atoms with E-state index < -0.39 is 0 Å². The van der Waals surface area contributed by atoms with Crippen molar-refractivity contribution >= 4 is 11.8 Å². The third-order valence-electron chi connectivity index (χ3n) is 6.18. The minimum atomic E-state index is -0.282. The molecule has 2 heterocycles. The van der Waals surface area contributed by atoms with Crippen LogP contribution in [0.2, 0.25) is 0 Å². The van der Waals surface area contributed by atoms with Gasteiger partial charge in [0.15, 0.2) is 5.76 Å².